The Morgan fingerprint density at radius 3 is 2.71 bits per heavy atom. The molecule has 0 N–H and O–H groups in total. The highest BCUT2D eigenvalue weighted by molar-refractivity contribution is 7.08. The molecule has 0 bridgehead atoms. The minimum atomic E-state index is 0.402. The Hall–Kier alpha value is -2.88. The summed E-state index contributed by atoms with van der Waals surface area (Å²) in [5.41, 5.74) is 4.68. The number of hydrogen-bond acceptors (Lipinski definition) is 5. The molecule has 0 amide bonds. The van der Waals surface area contributed by atoms with Gasteiger partial charge in [0.15, 0.2) is 0 Å². The molecule has 0 aliphatic heterocycles. The second kappa shape index (κ2) is 8.42. The van der Waals surface area contributed by atoms with E-state index in [-0.39, 0.29) is 0 Å². The fraction of sp³-hybridized carbons (Fsp3) is 0.190. The Bertz CT molecular complexity index is 1080. The Labute approximate surface area is 173 Å². The minimum Gasteiger partial charge on any atom is -0.442 e. The van der Waals surface area contributed by atoms with Gasteiger partial charge in [-0.25, -0.2) is 4.99 Å². The summed E-state index contributed by atoms with van der Waals surface area (Å²) in [6.07, 6.45) is 1.71. The average molecular weight is 411 g/mol. The van der Waals surface area contributed by atoms with Gasteiger partial charge in [0.2, 0.25) is 5.06 Å². The van der Waals surface area contributed by atoms with Crippen LogP contribution in [-0.2, 0) is 0 Å². The Morgan fingerprint density at radius 1 is 1.25 bits per heavy atom. The van der Waals surface area contributed by atoms with Crippen molar-refractivity contribution in [3.8, 4) is 28.1 Å². The van der Waals surface area contributed by atoms with Crippen LogP contribution in [0, 0.1) is 25.2 Å². The number of benzene rings is 2. The van der Waals surface area contributed by atoms with Crippen molar-refractivity contribution in [3.05, 3.63) is 58.1 Å². The molecule has 5 nitrogen and oxygen atoms in total. The molecule has 0 radical (unpaired) electrons. The van der Waals surface area contributed by atoms with Gasteiger partial charge in [-0.3, -0.25) is 0 Å². The lowest BCUT2D eigenvalue weighted by atomic mass is 10.1. The number of aryl methyl sites for hydroxylation is 2. The lowest BCUT2D eigenvalue weighted by molar-refractivity contribution is 0.495. The van der Waals surface area contributed by atoms with Gasteiger partial charge in [0.05, 0.1) is 17.0 Å². The molecule has 0 fully saturated rings. The highest BCUT2D eigenvalue weighted by atomic mass is 35.5. The van der Waals surface area contributed by atoms with Crippen LogP contribution in [0.4, 0.5) is 5.69 Å². The van der Waals surface area contributed by atoms with Gasteiger partial charge >= 0.3 is 0 Å². The summed E-state index contributed by atoms with van der Waals surface area (Å²) in [7, 11) is 3.80. The van der Waals surface area contributed by atoms with E-state index in [1.807, 2.05) is 63.2 Å². The van der Waals surface area contributed by atoms with Crippen LogP contribution in [0.1, 0.15) is 16.7 Å². The zero-order valence-corrected chi connectivity index (χ0v) is 17.6. The van der Waals surface area contributed by atoms with E-state index in [2.05, 4.69) is 15.4 Å². The van der Waals surface area contributed by atoms with Crippen LogP contribution in [0.5, 0.6) is 10.8 Å². The van der Waals surface area contributed by atoms with Crippen LogP contribution in [0.2, 0.25) is 5.02 Å². The summed E-state index contributed by atoms with van der Waals surface area (Å²) in [6, 6.07) is 13.7. The van der Waals surface area contributed by atoms with E-state index in [0.717, 1.165) is 33.9 Å². The van der Waals surface area contributed by atoms with Crippen molar-refractivity contribution in [1.82, 2.24) is 9.27 Å². The van der Waals surface area contributed by atoms with Gasteiger partial charge in [0.1, 0.15) is 23.1 Å². The average Bonchev–Trinajstić information content (AvgIpc) is 3.05. The fourth-order valence-corrected chi connectivity index (χ4v) is 3.50. The second-order valence-corrected chi connectivity index (χ2v) is 7.70. The monoisotopic (exact) mass is 410 g/mol. The molecule has 0 saturated carbocycles. The number of ether oxygens (including phenoxy) is 1. The summed E-state index contributed by atoms with van der Waals surface area (Å²) >= 11 is 7.54. The first-order valence-electron chi connectivity index (χ1n) is 8.54. The maximum absolute atomic E-state index is 9.67. The van der Waals surface area contributed by atoms with E-state index >= 15 is 0 Å². The lowest BCUT2D eigenvalue weighted by Gasteiger charge is -2.10. The molecule has 142 valence electrons. The first-order chi connectivity index (χ1) is 13.4. The van der Waals surface area contributed by atoms with E-state index in [1.54, 1.807) is 12.4 Å². The third-order valence-electron chi connectivity index (χ3n) is 3.94. The molecule has 1 heterocycles. The molecule has 3 rings (SSSR count). The van der Waals surface area contributed by atoms with Gasteiger partial charge in [-0.1, -0.05) is 35.4 Å². The summed E-state index contributed by atoms with van der Waals surface area (Å²) < 4.78 is 10.4. The molecular weight excluding hydrogens is 392 g/mol. The Morgan fingerprint density at radius 2 is 2.04 bits per heavy atom. The molecule has 0 atom stereocenters. The molecule has 0 aliphatic rings. The van der Waals surface area contributed by atoms with Crippen molar-refractivity contribution in [2.75, 3.05) is 14.1 Å². The third kappa shape index (κ3) is 4.33. The number of hydrogen-bond donors (Lipinski definition) is 0. The van der Waals surface area contributed by atoms with E-state index in [9.17, 15) is 5.26 Å². The predicted octanol–water partition coefficient (Wildman–Crippen LogP) is 5.97. The van der Waals surface area contributed by atoms with Crippen LogP contribution in [0.15, 0.2) is 41.4 Å². The van der Waals surface area contributed by atoms with Crippen molar-refractivity contribution in [2.24, 2.45) is 4.99 Å². The van der Waals surface area contributed by atoms with E-state index < -0.39 is 0 Å². The maximum atomic E-state index is 9.67. The van der Waals surface area contributed by atoms with Crippen molar-refractivity contribution in [3.63, 3.8) is 0 Å². The largest absolute Gasteiger partial charge is 0.442 e. The van der Waals surface area contributed by atoms with E-state index in [0.29, 0.717) is 27.1 Å². The first-order valence-corrected chi connectivity index (χ1v) is 9.69. The SMILES string of the molecule is Cc1cccc(-c2nsc(Oc3cc(C)c(N=CN(C)C)cc3Cl)c2C#N)c1. The number of rotatable bonds is 5. The normalized spacial score (nSPS) is 10.9. The second-order valence-electron chi connectivity index (χ2n) is 6.55. The predicted molar refractivity (Wildman–Crippen MR) is 115 cm³/mol. The number of nitriles is 1. The van der Waals surface area contributed by atoms with Crippen molar-refractivity contribution < 1.29 is 4.74 Å². The number of aliphatic imine (C=N–C) groups is 1. The van der Waals surface area contributed by atoms with Crippen LogP contribution in [0.25, 0.3) is 11.3 Å². The van der Waals surface area contributed by atoms with Crippen LogP contribution in [-0.4, -0.2) is 29.7 Å². The van der Waals surface area contributed by atoms with Gasteiger partial charge in [0, 0.05) is 31.2 Å². The zero-order valence-electron chi connectivity index (χ0n) is 16.0. The van der Waals surface area contributed by atoms with Crippen LogP contribution in [0.3, 0.4) is 0 Å². The molecule has 1 aromatic heterocycles. The minimum absolute atomic E-state index is 0.402. The topological polar surface area (TPSA) is 61.5 Å². The van der Waals surface area contributed by atoms with Gasteiger partial charge in [-0.2, -0.15) is 9.64 Å². The molecule has 2 aromatic carbocycles. The summed E-state index contributed by atoms with van der Waals surface area (Å²) in [5.74, 6) is 0.471. The fourth-order valence-electron chi connectivity index (χ4n) is 2.57. The molecule has 7 heteroatoms. The van der Waals surface area contributed by atoms with Crippen LogP contribution >= 0.6 is 23.1 Å². The number of nitrogens with zero attached hydrogens (tertiary/aromatic N) is 4. The number of aromatic nitrogens is 1. The quantitative estimate of drug-likeness (QED) is 0.384. The molecule has 0 aliphatic carbocycles. The standard InChI is InChI=1S/C21H19ClN4OS/c1-13-6-5-7-15(8-13)20-16(11-23)21(28-25-20)27-19-9-14(2)18(10-17(19)22)24-12-26(3)4/h5-10,12H,1-4H3. The summed E-state index contributed by atoms with van der Waals surface area (Å²) in [5, 5.41) is 10.5. The summed E-state index contributed by atoms with van der Waals surface area (Å²) in [6.45, 7) is 3.93. The van der Waals surface area contributed by atoms with Crippen molar-refractivity contribution in [2.45, 2.75) is 13.8 Å². The lowest BCUT2D eigenvalue weighted by Crippen LogP contribution is -2.07. The third-order valence-corrected chi connectivity index (χ3v) is 4.97. The van der Waals surface area contributed by atoms with E-state index in [4.69, 9.17) is 16.3 Å². The first kappa shape index (κ1) is 19.9. The van der Waals surface area contributed by atoms with Crippen LogP contribution < -0.4 is 4.74 Å². The Kier molecular flexibility index (Phi) is 5.98. The summed E-state index contributed by atoms with van der Waals surface area (Å²) in [4.78, 5) is 6.25. The van der Waals surface area contributed by atoms with Gasteiger partial charge in [-0.05, 0) is 37.6 Å². The molecule has 3 aromatic rings. The molecule has 0 unspecified atom stereocenters. The van der Waals surface area contributed by atoms with E-state index in [1.165, 1.54) is 0 Å². The molecule has 0 saturated heterocycles. The van der Waals surface area contributed by atoms with Gasteiger partial charge in [-0.15, -0.1) is 0 Å². The molecule has 28 heavy (non-hydrogen) atoms. The van der Waals surface area contributed by atoms with Crippen molar-refractivity contribution >= 4 is 35.2 Å². The number of halogens is 1. The van der Waals surface area contributed by atoms with Gasteiger partial charge in [0.25, 0.3) is 0 Å². The molecular formula is C21H19ClN4OS. The molecule has 0 spiro atoms. The highest BCUT2D eigenvalue weighted by Crippen LogP contribution is 2.40. The maximum Gasteiger partial charge on any atom is 0.218 e. The smallest absolute Gasteiger partial charge is 0.218 e. The Balaban J connectivity index is 1.95. The van der Waals surface area contributed by atoms with Crippen molar-refractivity contribution in [1.29, 1.82) is 5.26 Å². The highest BCUT2D eigenvalue weighted by Gasteiger charge is 2.19. The zero-order chi connectivity index (χ0) is 20.3. The van der Waals surface area contributed by atoms with Gasteiger partial charge < -0.3 is 9.64 Å².